The van der Waals surface area contributed by atoms with Crippen molar-refractivity contribution >= 4 is 59.5 Å². The molecule has 6 aromatic rings. The van der Waals surface area contributed by atoms with Gasteiger partial charge < -0.3 is 28.3 Å². The highest BCUT2D eigenvalue weighted by molar-refractivity contribution is 7.89. The number of esters is 2. The van der Waals surface area contributed by atoms with Gasteiger partial charge >= 0.3 is 17.9 Å². The van der Waals surface area contributed by atoms with E-state index in [0.717, 1.165) is 72.3 Å². The van der Waals surface area contributed by atoms with Crippen LogP contribution >= 0.6 is 0 Å². The molecular weight excluding hydrogens is 1180 g/mol. The molecular formula is C65H84N6O14S3. The molecule has 3 fully saturated rings. The summed E-state index contributed by atoms with van der Waals surface area (Å²) in [6, 6.07) is 23.0. The van der Waals surface area contributed by atoms with E-state index in [1.54, 1.807) is 103 Å². The number of hydrogen-bond donors (Lipinski definition) is 1. The molecule has 0 aliphatic carbocycles. The first kappa shape index (κ1) is 68.5. The van der Waals surface area contributed by atoms with Crippen LogP contribution in [-0.4, -0.2) is 139 Å². The number of rotatable bonds is 22. The van der Waals surface area contributed by atoms with E-state index in [9.17, 15) is 54.3 Å². The normalized spacial score (nSPS) is 14.9. The van der Waals surface area contributed by atoms with Crippen LogP contribution in [0.1, 0.15) is 154 Å². The highest BCUT2D eigenvalue weighted by Crippen LogP contribution is 2.33. The van der Waals surface area contributed by atoms with Crippen molar-refractivity contribution in [2.75, 3.05) is 52.5 Å². The number of carbonyl (C=O) groups excluding carboxylic acids is 4. The van der Waals surface area contributed by atoms with Gasteiger partial charge in [0.15, 0.2) is 11.6 Å². The van der Waals surface area contributed by atoms with Crippen LogP contribution in [0.3, 0.4) is 0 Å². The second kappa shape index (κ2) is 29.5. The number of carbonyl (C=O) groups is 5. The smallest absolute Gasteiger partial charge is 0.325 e. The molecule has 23 heteroatoms. The summed E-state index contributed by atoms with van der Waals surface area (Å²) in [4.78, 5) is 61.0. The van der Waals surface area contributed by atoms with Gasteiger partial charge in [-0.2, -0.15) is 12.9 Å². The van der Waals surface area contributed by atoms with Crippen molar-refractivity contribution in [2.24, 2.45) is 0 Å². The summed E-state index contributed by atoms with van der Waals surface area (Å²) in [6.45, 7) is 21.4. The van der Waals surface area contributed by atoms with Crippen LogP contribution in [0, 0.1) is 41.5 Å². The van der Waals surface area contributed by atoms with E-state index >= 15 is 0 Å². The van der Waals surface area contributed by atoms with E-state index in [1.165, 1.54) is 22.5 Å². The van der Waals surface area contributed by atoms with Crippen LogP contribution in [0.15, 0.2) is 93.5 Å². The lowest BCUT2D eigenvalue weighted by atomic mass is 9.98. The highest BCUT2D eigenvalue weighted by Gasteiger charge is 2.34. The minimum atomic E-state index is -3.61. The molecule has 88 heavy (non-hydrogen) atoms. The Kier molecular flexibility index (Phi) is 23.0. The number of nitrogens with zero attached hydrogens (tertiary/aromatic N) is 6. The molecule has 0 unspecified atom stereocenters. The maximum atomic E-state index is 13.2. The van der Waals surface area contributed by atoms with E-state index in [2.05, 4.69) is 0 Å². The molecule has 1 N–H and O–H groups in total. The van der Waals surface area contributed by atoms with E-state index in [1.807, 2.05) is 49.6 Å². The molecule has 0 atom stereocenters. The second-order valence-corrected chi connectivity index (χ2v) is 28.2. The van der Waals surface area contributed by atoms with Gasteiger partial charge in [-0.25, -0.2) is 25.3 Å². The maximum Gasteiger partial charge on any atom is 0.325 e. The monoisotopic (exact) mass is 1270 g/mol. The second-order valence-electron chi connectivity index (χ2n) is 22.5. The Morgan fingerprint density at radius 1 is 0.432 bits per heavy atom. The van der Waals surface area contributed by atoms with Gasteiger partial charge in [0, 0.05) is 104 Å². The fourth-order valence-corrected chi connectivity index (χ4v) is 17.6. The van der Waals surface area contributed by atoms with E-state index in [0.29, 0.717) is 109 Å². The van der Waals surface area contributed by atoms with E-state index in [4.69, 9.17) is 9.47 Å². The van der Waals surface area contributed by atoms with Crippen molar-refractivity contribution in [2.45, 2.75) is 161 Å². The van der Waals surface area contributed by atoms with Crippen molar-refractivity contribution in [1.29, 1.82) is 0 Å². The Bertz CT molecular complexity index is 3920. The fourth-order valence-electron chi connectivity index (χ4n) is 12.3. The number of aromatic nitrogens is 3. The van der Waals surface area contributed by atoms with Crippen molar-refractivity contribution in [3.8, 4) is 0 Å². The van der Waals surface area contributed by atoms with Crippen molar-refractivity contribution in [1.82, 2.24) is 26.6 Å². The summed E-state index contributed by atoms with van der Waals surface area (Å²) < 4.78 is 99.0. The largest absolute Gasteiger partial charge is 0.480 e. The van der Waals surface area contributed by atoms with Gasteiger partial charge in [0.1, 0.15) is 19.6 Å². The Labute approximate surface area is 518 Å². The zero-order valence-electron chi connectivity index (χ0n) is 52.3. The van der Waals surface area contributed by atoms with Gasteiger partial charge in [0.05, 0.1) is 27.9 Å². The molecule has 6 heterocycles. The molecule has 3 aliphatic rings. The van der Waals surface area contributed by atoms with Crippen molar-refractivity contribution in [3.05, 3.63) is 158 Å². The zero-order valence-corrected chi connectivity index (χ0v) is 54.8. The number of carboxylic acid groups (broad SMARTS) is 1. The van der Waals surface area contributed by atoms with Crippen LogP contribution in [-0.2, 0) is 92.8 Å². The van der Waals surface area contributed by atoms with Gasteiger partial charge in [-0.15, -0.1) is 0 Å². The minimum absolute atomic E-state index is 0.0134. The number of carboxylic acids is 1. The topological polar surface area (TPSA) is 251 Å². The van der Waals surface area contributed by atoms with Crippen molar-refractivity contribution in [3.63, 3.8) is 0 Å². The summed E-state index contributed by atoms with van der Waals surface area (Å²) in [5.74, 6) is -1.91. The molecule has 0 spiro atoms. The number of hydrogen-bond acceptors (Lipinski definition) is 13. The lowest BCUT2D eigenvalue weighted by Gasteiger charge is -2.18. The zero-order chi connectivity index (χ0) is 64.4. The molecule has 3 aromatic carbocycles. The molecule has 3 aliphatic heterocycles. The number of aliphatic carboxylic acids is 1. The van der Waals surface area contributed by atoms with E-state index < -0.39 is 36.0 Å². The molecule has 0 radical (unpaired) electrons. The maximum absolute atomic E-state index is 13.2. The first-order valence-electron chi connectivity index (χ1n) is 30.0. The number of ketones is 2. The Balaban J connectivity index is 0.000000189. The first-order valence-corrected chi connectivity index (χ1v) is 34.3. The fraction of sp³-hybridized carbons (Fsp3) is 0.462. The lowest BCUT2D eigenvalue weighted by Crippen LogP contribution is -2.28. The SMILES string of the molecule is CC(=O)c1c(Cc2ccccc2S(=O)(=O)N2CCCC2)c(C)n(CC(=O)O)c1C.CCOC(=O)Cn1c(C)c(Cc2ccccc2S(=O)(=O)N2CCCC2)c(C(C)=O)c1C.CCOC(=O)Cn1c(C)cc(Cc2ccccc2S(=O)(=O)N2CCCC2)c1C. The Morgan fingerprint density at radius 3 is 1.08 bits per heavy atom. The lowest BCUT2D eigenvalue weighted by molar-refractivity contribution is -0.144. The summed E-state index contributed by atoms with van der Waals surface area (Å²) in [5, 5.41) is 9.23. The molecule has 20 nitrogen and oxygen atoms in total. The van der Waals surface area contributed by atoms with Gasteiger partial charge in [-0.1, -0.05) is 54.6 Å². The van der Waals surface area contributed by atoms with Gasteiger partial charge in [0.2, 0.25) is 30.1 Å². The standard InChI is InChI=1S/C23H30N2O5S.C21H26N2O5S.C21H28N2O4S/c1-5-30-22(27)15-25-16(2)20(23(17(25)3)18(4)26)14-19-10-6-7-11-21(19)31(28,29)24-12-8-9-13-24;1-14-18(21(16(3)24)15(2)23(14)13-20(25)26)12-17-8-4-5-9-19(17)29(27,28)22-10-6-7-11-22;1-4-27-21(24)15-23-16(2)13-19(17(23)3)14-18-9-5-6-10-20(18)28(25,26)22-11-7-8-12-22/h6-7,10-11H,5,8-9,12-15H2,1-4H3;4-5,8-9H,6-7,10-13H2,1-3H3,(H,25,26);5-6,9-10,13H,4,7-8,11-12,14-15H2,1-3H3. The summed E-state index contributed by atoms with van der Waals surface area (Å²) >= 11 is 0. The number of ether oxygens (including phenoxy) is 2. The quantitative estimate of drug-likeness (QED) is 0.0492. The molecule has 476 valence electrons. The minimum Gasteiger partial charge on any atom is -0.480 e. The van der Waals surface area contributed by atoms with Crippen molar-refractivity contribution < 1.29 is 63.8 Å². The van der Waals surface area contributed by atoms with Crippen LogP contribution in [0.2, 0.25) is 0 Å². The van der Waals surface area contributed by atoms with E-state index in [-0.39, 0.29) is 66.0 Å². The summed E-state index contributed by atoms with van der Waals surface area (Å²) in [7, 11) is -10.7. The molecule has 0 saturated carbocycles. The third-order valence-electron chi connectivity index (χ3n) is 16.8. The highest BCUT2D eigenvalue weighted by atomic mass is 32.2. The van der Waals surface area contributed by atoms with Crippen LogP contribution in [0.5, 0.6) is 0 Å². The number of sulfonamides is 3. The van der Waals surface area contributed by atoms with Crippen LogP contribution in [0.4, 0.5) is 0 Å². The Morgan fingerprint density at radius 2 is 0.750 bits per heavy atom. The Hall–Kier alpha value is -7.02. The third-order valence-corrected chi connectivity index (χ3v) is 22.8. The molecule has 0 bridgehead atoms. The number of benzene rings is 3. The van der Waals surface area contributed by atoms with Gasteiger partial charge in [-0.3, -0.25) is 24.0 Å². The van der Waals surface area contributed by atoms with Crippen LogP contribution < -0.4 is 0 Å². The summed E-state index contributed by atoms with van der Waals surface area (Å²) in [6.07, 6.45) is 6.31. The predicted molar refractivity (Wildman–Crippen MR) is 334 cm³/mol. The predicted octanol–water partition coefficient (Wildman–Crippen LogP) is 9.06. The number of Topliss-reactive ketones (excluding diaryl/α,β-unsaturated/α-hetero) is 2. The first-order chi connectivity index (χ1) is 41.7. The van der Waals surface area contributed by atoms with Gasteiger partial charge in [-0.05, 0) is 165 Å². The van der Waals surface area contributed by atoms with Gasteiger partial charge in [0.25, 0.3) is 0 Å². The molecule has 3 saturated heterocycles. The third kappa shape index (κ3) is 15.3. The number of aryl methyl sites for hydroxylation is 1. The molecule has 0 amide bonds. The molecule has 3 aromatic heterocycles. The average Bonchev–Trinajstić information content (AvgIpc) is 2.94. The molecule has 9 rings (SSSR count). The summed E-state index contributed by atoms with van der Waals surface area (Å²) in [5.41, 5.74) is 10.1. The van der Waals surface area contributed by atoms with Crippen LogP contribution in [0.25, 0.3) is 0 Å². The average molecular weight is 1270 g/mol.